The molecule has 1 N–H and O–H groups in total. The molecule has 2 aromatic rings. The van der Waals surface area contributed by atoms with E-state index in [2.05, 4.69) is 31.4 Å². The molecule has 0 unspecified atom stereocenters. The number of nitrogens with zero attached hydrogens (tertiary/aromatic N) is 2. The highest BCUT2D eigenvalue weighted by molar-refractivity contribution is 9.10. The van der Waals surface area contributed by atoms with Crippen molar-refractivity contribution in [2.24, 2.45) is 0 Å². The topological polar surface area (TPSA) is 54.9 Å². The van der Waals surface area contributed by atoms with Crippen LogP contribution in [0.5, 0.6) is 0 Å². The highest BCUT2D eigenvalue weighted by atomic mass is 79.9. The van der Waals surface area contributed by atoms with Crippen LogP contribution in [-0.4, -0.2) is 16.1 Å². The van der Waals surface area contributed by atoms with E-state index in [0.29, 0.717) is 12.1 Å². The third-order valence-corrected chi connectivity index (χ3v) is 3.59. The highest BCUT2D eigenvalue weighted by Gasteiger charge is 2.05. The van der Waals surface area contributed by atoms with Crippen LogP contribution < -0.4 is 5.32 Å². The summed E-state index contributed by atoms with van der Waals surface area (Å²) in [4.78, 5) is 12.7. The van der Waals surface area contributed by atoms with Crippen molar-refractivity contribution in [1.29, 1.82) is 0 Å². The molecule has 6 heteroatoms. The number of rotatable bonds is 3. The third kappa shape index (κ3) is 2.86. The summed E-state index contributed by atoms with van der Waals surface area (Å²) in [5.74, 6) is -0.139. The zero-order valence-electron chi connectivity index (χ0n) is 8.18. The number of amides is 1. The standard InChI is InChI=1S/C10H8BrN3OS/c11-8-3-9(16-6-8)5-12-10(15)7-1-2-13-14-4-7/h1-4,6H,5H2,(H,12,15). The first-order valence-corrected chi connectivity index (χ1v) is 6.21. The Labute approximate surface area is 105 Å². The Morgan fingerprint density at radius 3 is 3.00 bits per heavy atom. The van der Waals surface area contributed by atoms with Gasteiger partial charge in [-0.15, -0.1) is 11.3 Å². The van der Waals surface area contributed by atoms with Crippen molar-refractivity contribution in [2.45, 2.75) is 6.54 Å². The van der Waals surface area contributed by atoms with Crippen LogP contribution in [-0.2, 0) is 6.54 Å². The lowest BCUT2D eigenvalue weighted by atomic mass is 10.3. The van der Waals surface area contributed by atoms with Crippen LogP contribution in [0.3, 0.4) is 0 Å². The lowest BCUT2D eigenvalue weighted by Gasteiger charge is -2.02. The lowest BCUT2D eigenvalue weighted by molar-refractivity contribution is 0.0950. The van der Waals surface area contributed by atoms with Gasteiger partial charge >= 0.3 is 0 Å². The number of hydrogen-bond acceptors (Lipinski definition) is 4. The second-order valence-electron chi connectivity index (χ2n) is 3.05. The first-order valence-electron chi connectivity index (χ1n) is 4.53. The van der Waals surface area contributed by atoms with Crippen LogP contribution in [0.25, 0.3) is 0 Å². The molecule has 2 aromatic heterocycles. The molecule has 0 aliphatic rings. The number of thiophene rings is 1. The van der Waals surface area contributed by atoms with E-state index in [-0.39, 0.29) is 5.91 Å². The molecule has 2 heterocycles. The molecule has 0 atom stereocenters. The minimum Gasteiger partial charge on any atom is -0.347 e. The predicted molar refractivity (Wildman–Crippen MR) is 65.2 cm³/mol. The monoisotopic (exact) mass is 297 g/mol. The Morgan fingerprint density at radius 1 is 1.50 bits per heavy atom. The zero-order chi connectivity index (χ0) is 11.4. The summed E-state index contributed by atoms with van der Waals surface area (Å²) in [5, 5.41) is 12.1. The molecule has 0 aromatic carbocycles. The molecule has 0 aliphatic carbocycles. The molecule has 82 valence electrons. The number of halogens is 1. The Kier molecular flexibility index (Phi) is 3.63. The van der Waals surface area contributed by atoms with Gasteiger partial charge in [-0.2, -0.15) is 10.2 Å². The van der Waals surface area contributed by atoms with Crippen molar-refractivity contribution in [1.82, 2.24) is 15.5 Å². The molecule has 2 rings (SSSR count). The van der Waals surface area contributed by atoms with Gasteiger partial charge in [0.2, 0.25) is 0 Å². The van der Waals surface area contributed by atoms with Crippen LogP contribution >= 0.6 is 27.3 Å². The summed E-state index contributed by atoms with van der Waals surface area (Å²) in [5.41, 5.74) is 0.519. The number of carbonyl (C=O) groups is 1. The molecule has 0 bridgehead atoms. The summed E-state index contributed by atoms with van der Waals surface area (Å²) in [7, 11) is 0. The lowest BCUT2D eigenvalue weighted by Crippen LogP contribution is -2.22. The van der Waals surface area contributed by atoms with Crippen molar-refractivity contribution in [3.63, 3.8) is 0 Å². The molecule has 1 amide bonds. The van der Waals surface area contributed by atoms with Gasteiger partial charge in [-0.3, -0.25) is 4.79 Å². The van der Waals surface area contributed by atoms with E-state index in [1.807, 2.05) is 11.4 Å². The van der Waals surface area contributed by atoms with Crippen LogP contribution in [0.1, 0.15) is 15.2 Å². The number of nitrogens with one attached hydrogen (secondary N) is 1. The summed E-state index contributed by atoms with van der Waals surface area (Å²) in [6.45, 7) is 0.525. The van der Waals surface area contributed by atoms with Crippen molar-refractivity contribution in [2.75, 3.05) is 0 Å². The van der Waals surface area contributed by atoms with Crippen LogP contribution in [0, 0.1) is 0 Å². The summed E-state index contributed by atoms with van der Waals surface area (Å²) < 4.78 is 1.03. The van der Waals surface area contributed by atoms with Crippen LogP contribution in [0.15, 0.2) is 34.4 Å². The van der Waals surface area contributed by atoms with Gasteiger partial charge in [-0.05, 0) is 28.1 Å². The Balaban J connectivity index is 1.94. The maximum absolute atomic E-state index is 11.6. The molecule has 0 saturated heterocycles. The van der Waals surface area contributed by atoms with Crippen molar-refractivity contribution in [3.05, 3.63) is 44.8 Å². The molecule has 0 saturated carbocycles. The number of carbonyl (C=O) groups excluding carboxylic acids is 1. The van der Waals surface area contributed by atoms with Gasteiger partial charge in [0.05, 0.1) is 24.5 Å². The number of hydrogen-bond donors (Lipinski definition) is 1. The smallest absolute Gasteiger partial charge is 0.253 e. The molecule has 16 heavy (non-hydrogen) atoms. The average Bonchev–Trinajstić information content (AvgIpc) is 2.73. The third-order valence-electron chi connectivity index (χ3n) is 1.89. The zero-order valence-corrected chi connectivity index (χ0v) is 10.6. The number of aromatic nitrogens is 2. The summed E-state index contributed by atoms with van der Waals surface area (Å²) in [6.07, 6.45) is 2.94. The fraction of sp³-hybridized carbons (Fsp3) is 0.100. The van der Waals surface area contributed by atoms with E-state index in [9.17, 15) is 4.79 Å². The van der Waals surface area contributed by atoms with Crippen molar-refractivity contribution in [3.8, 4) is 0 Å². The molecule has 0 radical (unpaired) electrons. The van der Waals surface area contributed by atoms with Gasteiger partial charge in [-0.1, -0.05) is 0 Å². The maximum Gasteiger partial charge on any atom is 0.253 e. The van der Waals surface area contributed by atoms with Gasteiger partial charge in [0.15, 0.2) is 0 Å². The van der Waals surface area contributed by atoms with E-state index in [4.69, 9.17) is 0 Å². The molecule has 0 fully saturated rings. The minimum absolute atomic E-state index is 0.139. The Hall–Kier alpha value is -1.27. The Bertz CT molecular complexity index is 486. The van der Waals surface area contributed by atoms with E-state index in [1.165, 1.54) is 12.4 Å². The molecule has 0 spiro atoms. The fourth-order valence-electron chi connectivity index (χ4n) is 1.14. The van der Waals surface area contributed by atoms with Crippen molar-refractivity contribution >= 4 is 33.2 Å². The van der Waals surface area contributed by atoms with Crippen LogP contribution in [0.2, 0.25) is 0 Å². The van der Waals surface area contributed by atoms with Crippen LogP contribution in [0.4, 0.5) is 0 Å². The molecule has 4 nitrogen and oxygen atoms in total. The molecule has 0 aliphatic heterocycles. The second kappa shape index (κ2) is 5.18. The summed E-state index contributed by atoms with van der Waals surface area (Å²) >= 11 is 4.96. The van der Waals surface area contributed by atoms with E-state index in [1.54, 1.807) is 17.4 Å². The SMILES string of the molecule is O=C(NCc1cc(Br)cs1)c1ccnnc1. The van der Waals surface area contributed by atoms with Gasteiger partial charge < -0.3 is 5.32 Å². The van der Waals surface area contributed by atoms with E-state index >= 15 is 0 Å². The quantitative estimate of drug-likeness (QED) is 0.945. The highest BCUT2D eigenvalue weighted by Crippen LogP contribution is 2.19. The van der Waals surface area contributed by atoms with Gasteiger partial charge in [0.1, 0.15) is 0 Å². The first kappa shape index (κ1) is 11.2. The maximum atomic E-state index is 11.6. The fourth-order valence-corrected chi connectivity index (χ4v) is 2.53. The largest absolute Gasteiger partial charge is 0.347 e. The van der Waals surface area contributed by atoms with Gasteiger partial charge in [0, 0.05) is 14.7 Å². The first-order chi connectivity index (χ1) is 7.75. The Morgan fingerprint density at radius 2 is 2.38 bits per heavy atom. The average molecular weight is 298 g/mol. The van der Waals surface area contributed by atoms with Gasteiger partial charge in [0.25, 0.3) is 5.91 Å². The predicted octanol–water partition coefficient (Wildman–Crippen LogP) is 2.23. The second-order valence-corrected chi connectivity index (χ2v) is 4.96. The van der Waals surface area contributed by atoms with E-state index < -0.39 is 0 Å². The molecular weight excluding hydrogens is 290 g/mol. The van der Waals surface area contributed by atoms with E-state index in [0.717, 1.165) is 9.35 Å². The molecular formula is C10H8BrN3OS. The van der Waals surface area contributed by atoms with Crippen molar-refractivity contribution < 1.29 is 4.79 Å². The summed E-state index contributed by atoms with van der Waals surface area (Å²) in [6, 6.07) is 3.61. The normalized spacial score (nSPS) is 10.1. The minimum atomic E-state index is -0.139. The van der Waals surface area contributed by atoms with Gasteiger partial charge in [-0.25, -0.2) is 0 Å².